The number of piperazine rings is 3. The summed E-state index contributed by atoms with van der Waals surface area (Å²) in [4.78, 5) is 19.6. The molecule has 0 spiro atoms. The Balaban J connectivity index is 0.000000203. The van der Waals surface area contributed by atoms with Crippen molar-refractivity contribution in [3.63, 3.8) is 0 Å². The molecule has 0 aromatic heterocycles. The molecule has 79 heavy (non-hydrogen) atoms. The summed E-state index contributed by atoms with van der Waals surface area (Å²) in [5.74, 6) is 0. The summed E-state index contributed by atoms with van der Waals surface area (Å²) >= 11 is 46.1. The SMILES string of the molecule is C.CC.CC(Cl)OC(=O)Cl.C[C@@H]1CN(c2ccc(Cl)cc2)[C@H](c2ccc(Cl)cc2)CN1.C[C@@H]1CNC[C@@H](c2ccc(Cl)cc2)N1c1ccc(Cl)cc1.Clc1ccc(C2CN(Cc3ccccc3)CCN2c2ccc(Cl)cc2)cc1. The summed E-state index contributed by atoms with van der Waals surface area (Å²) in [6.07, 6.45) is 0. The molecule has 0 radical (unpaired) electrons. The van der Waals surface area contributed by atoms with Crippen LogP contribution in [0.1, 0.15) is 82.4 Å². The van der Waals surface area contributed by atoms with Gasteiger partial charge in [0.05, 0.1) is 18.1 Å². The van der Waals surface area contributed by atoms with Gasteiger partial charge in [0.1, 0.15) is 0 Å². The standard InChI is InChI=1S/C23H22Cl2N2.2C17H18Cl2N2.C3H4Cl2O2.C2H6.CH4/c24-20-8-6-19(7-9-20)23-17-26(16-18-4-2-1-3-5-18)14-15-27(23)22-12-10-21(25)11-13-22;1-12-11-21(16-8-6-15(19)7-9-16)17(10-20-12)13-2-4-14(18)5-3-13;1-12-10-20-11-17(13-2-4-14(18)5-3-13)21(12)16-8-6-15(19)7-9-16;1-2(4)7-3(5)6;1-2;/h1-13,23H,14-17H2;2*2-9,12,17,20H,10-11H2,1H3;2H,1H3;1-2H3;1H4/t;2*12-,17+;;;/m.11.../s1. The number of nitrogens with zero attached hydrogens (tertiary/aromatic N) is 4. The van der Waals surface area contributed by atoms with Crippen LogP contribution in [0.15, 0.2) is 176 Å². The largest absolute Gasteiger partial charge is 0.434 e. The first-order valence-corrected chi connectivity index (χ1v) is 29.2. The highest BCUT2D eigenvalue weighted by Gasteiger charge is 2.31. The third-order valence-corrected chi connectivity index (χ3v) is 15.0. The van der Waals surface area contributed by atoms with Gasteiger partial charge in [-0.15, -0.1) is 0 Å². The Morgan fingerprint density at radius 2 is 0.949 bits per heavy atom. The number of carbonyl (C=O) groups is 1. The van der Waals surface area contributed by atoms with Crippen molar-refractivity contribution in [1.29, 1.82) is 0 Å². The van der Waals surface area contributed by atoms with E-state index in [2.05, 4.69) is 152 Å². The highest BCUT2D eigenvalue weighted by atomic mass is 35.5. The molecule has 0 bridgehead atoms. The minimum Gasteiger partial charge on any atom is -0.434 e. The molecular formula is C63H72Cl8N6O2. The summed E-state index contributed by atoms with van der Waals surface area (Å²) in [7, 11) is 0. The molecule has 0 amide bonds. The van der Waals surface area contributed by atoms with Crippen LogP contribution in [0.4, 0.5) is 21.9 Å². The fourth-order valence-corrected chi connectivity index (χ4v) is 10.6. The minimum atomic E-state index is -0.873. The van der Waals surface area contributed by atoms with Crippen molar-refractivity contribution in [1.82, 2.24) is 15.5 Å². The zero-order chi connectivity index (χ0) is 56.1. The molecule has 0 aliphatic carbocycles. The van der Waals surface area contributed by atoms with E-state index >= 15 is 0 Å². The van der Waals surface area contributed by atoms with Crippen molar-refractivity contribution in [3.05, 3.63) is 228 Å². The van der Waals surface area contributed by atoms with E-state index in [4.69, 9.17) is 92.8 Å². The molecule has 3 saturated heterocycles. The quantitative estimate of drug-likeness (QED) is 0.110. The van der Waals surface area contributed by atoms with Crippen LogP contribution in [0.5, 0.6) is 0 Å². The topological polar surface area (TPSA) is 63.3 Å². The maximum atomic E-state index is 9.71. The molecule has 3 aliphatic heterocycles. The Kier molecular flexibility index (Phi) is 27.8. The van der Waals surface area contributed by atoms with Crippen LogP contribution in [0.3, 0.4) is 0 Å². The molecule has 422 valence electrons. The number of rotatable bonds is 9. The summed E-state index contributed by atoms with van der Waals surface area (Å²) in [6.45, 7) is 17.7. The Hall–Kier alpha value is -4.39. The lowest BCUT2D eigenvalue weighted by Gasteiger charge is -2.43. The van der Waals surface area contributed by atoms with Crippen LogP contribution in [0, 0.1) is 0 Å². The monoisotopic (exact) mass is 1220 g/mol. The molecule has 3 fully saturated rings. The van der Waals surface area contributed by atoms with Gasteiger partial charge in [0.2, 0.25) is 0 Å². The molecule has 7 aromatic carbocycles. The third-order valence-electron chi connectivity index (χ3n) is 13.3. The molecule has 8 nitrogen and oxygen atoms in total. The van der Waals surface area contributed by atoms with E-state index in [1.807, 2.05) is 86.6 Å². The molecule has 7 aromatic rings. The van der Waals surface area contributed by atoms with Gasteiger partial charge < -0.3 is 30.1 Å². The van der Waals surface area contributed by atoms with Gasteiger partial charge in [0, 0.05) is 123 Å². The molecule has 3 heterocycles. The van der Waals surface area contributed by atoms with Gasteiger partial charge in [-0.25, -0.2) is 4.79 Å². The van der Waals surface area contributed by atoms with Crippen LogP contribution < -0.4 is 25.3 Å². The number of ether oxygens (including phenoxy) is 1. The van der Waals surface area contributed by atoms with E-state index in [1.165, 1.54) is 46.2 Å². The fraction of sp³-hybridized carbons (Fsp3) is 0.317. The van der Waals surface area contributed by atoms with Gasteiger partial charge in [-0.2, -0.15) is 0 Å². The lowest BCUT2D eigenvalue weighted by molar-refractivity contribution is 0.166. The van der Waals surface area contributed by atoms with Crippen LogP contribution in [-0.2, 0) is 11.3 Å². The normalized spacial score (nSPS) is 19.2. The molecule has 2 unspecified atom stereocenters. The highest BCUT2D eigenvalue weighted by Crippen LogP contribution is 2.35. The molecule has 0 saturated carbocycles. The van der Waals surface area contributed by atoms with Gasteiger partial charge in [0.15, 0.2) is 5.56 Å². The molecular weight excluding hydrogens is 1160 g/mol. The number of halogens is 8. The van der Waals surface area contributed by atoms with E-state index in [0.717, 1.165) is 82.5 Å². The van der Waals surface area contributed by atoms with E-state index in [-0.39, 0.29) is 13.5 Å². The summed E-state index contributed by atoms with van der Waals surface area (Å²) < 4.78 is 4.14. The van der Waals surface area contributed by atoms with E-state index in [1.54, 1.807) is 0 Å². The van der Waals surface area contributed by atoms with Crippen molar-refractivity contribution < 1.29 is 9.53 Å². The maximum Gasteiger partial charge on any atom is 0.405 e. The lowest BCUT2D eigenvalue weighted by Crippen LogP contribution is -2.51. The summed E-state index contributed by atoms with van der Waals surface area (Å²) in [5.41, 5.74) is 7.29. The van der Waals surface area contributed by atoms with Gasteiger partial charge in [0.25, 0.3) is 0 Å². The number of hydrogen-bond donors (Lipinski definition) is 2. The summed E-state index contributed by atoms with van der Waals surface area (Å²) in [5, 5.41) is 11.7. The fourth-order valence-electron chi connectivity index (χ4n) is 9.62. The van der Waals surface area contributed by atoms with Crippen LogP contribution in [0.25, 0.3) is 0 Å². The number of hydrogen-bond acceptors (Lipinski definition) is 8. The Morgan fingerprint density at radius 1 is 0.532 bits per heavy atom. The van der Waals surface area contributed by atoms with Crippen molar-refractivity contribution in [2.45, 2.75) is 84.4 Å². The van der Waals surface area contributed by atoms with Gasteiger partial charge in [-0.1, -0.05) is 169 Å². The molecule has 10 rings (SSSR count). The minimum absolute atomic E-state index is 0. The van der Waals surface area contributed by atoms with Crippen LogP contribution >= 0.6 is 92.8 Å². The zero-order valence-electron chi connectivity index (χ0n) is 44.5. The second kappa shape index (κ2) is 33.5. The smallest absolute Gasteiger partial charge is 0.405 e. The van der Waals surface area contributed by atoms with Gasteiger partial charge >= 0.3 is 5.43 Å². The van der Waals surface area contributed by atoms with Crippen LogP contribution in [0.2, 0.25) is 30.1 Å². The Morgan fingerprint density at radius 3 is 1.39 bits per heavy atom. The van der Waals surface area contributed by atoms with Crippen molar-refractivity contribution in [2.75, 3.05) is 60.5 Å². The van der Waals surface area contributed by atoms with Gasteiger partial charge in [-0.3, -0.25) is 4.90 Å². The first kappa shape index (κ1) is 65.4. The Bertz CT molecular complexity index is 2790. The number of nitrogens with one attached hydrogen (secondary N) is 2. The summed E-state index contributed by atoms with van der Waals surface area (Å²) in [6, 6.07) is 61.2. The average molecular weight is 1230 g/mol. The number of anilines is 3. The number of carbonyl (C=O) groups excluding carboxylic acids is 1. The predicted molar refractivity (Wildman–Crippen MR) is 341 cm³/mol. The van der Waals surface area contributed by atoms with E-state index < -0.39 is 11.0 Å². The van der Waals surface area contributed by atoms with E-state index in [9.17, 15) is 4.79 Å². The predicted octanol–water partition coefficient (Wildman–Crippen LogP) is 18.7. The molecule has 3 aliphatic rings. The lowest BCUT2D eigenvalue weighted by atomic mass is 9.99. The second-order valence-corrected chi connectivity index (χ2v) is 22.4. The molecule has 16 heteroatoms. The van der Waals surface area contributed by atoms with Crippen LogP contribution in [-0.4, -0.2) is 73.8 Å². The number of benzene rings is 7. The highest BCUT2D eigenvalue weighted by molar-refractivity contribution is 6.61. The average Bonchev–Trinajstić information content (AvgIpc) is 3.46. The molecule has 2 N–H and O–H groups in total. The number of alkyl halides is 1. The second-order valence-electron chi connectivity index (χ2n) is 18.8. The molecule has 6 atom stereocenters. The Labute approximate surface area is 509 Å². The third kappa shape index (κ3) is 20.5. The van der Waals surface area contributed by atoms with Crippen molar-refractivity contribution in [2.24, 2.45) is 0 Å². The van der Waals surface area contributed by atoms with E-state index in [0.29, 0.717) is 24.2 Å². The first-order chi connectivity index (χ1) is 37.6. The zero-order valence-corrected chi connectivity index (χ0v) is 50.5. The first-order valence-electron chi connectivity index (χ1n) is 26.2. The maximum absolute atomic E-state index is 9.71. The van der Waals surface area contributed by atoms with Crippen molar-refractivity contribution >= 4 is 115 Å². The van der Waals surface area contributed by atoms with Crippen molar-refractivity contribution in [3.8, 4) is 0 Å². The van der Waals surface area contributed by atoms with Gasteiger partial charge in [-0.05, 0) is 152 Å².